The number of nitrogens with zero attached hydrogens (tertiary/aromatic N) is 1. The molecule has 0 saturated carbocycles. The fraction of sp³-hybridized carbons (Fsp3) is 0.579. The molecule has 134 valence electrons. The van der Waals surface area contributed by atoms with E-state index in [-0.39, 0.29) is 24.3 Å². The van der Waals surface area contributed by atoms with Gasteiger partial charge in [-0.1, -0.05) is 50.6 Å². The van der Waals surface area contributed by atoms with Crippen LogP contribution in [0.15, 0.2) is 24.3 Å². The zero-order valence-electron chi connectivity index (χ0n) is 15.8. The average Bonchev–Trinajstić information content (AvgIpc) is 2.47. The van der Waals surface area contributed by atoms with Crippen LogP contribution < -0.4 is 10.6 Å². The first-order valence-corrected chi connectivity index (χ1v) is 8.39. The molecular formula is C19H31N3O2. The Morgan fingerprint density at radius 1 is 1.08 bits per heavy atom. The van der Waals surface area contributed by atoms with Crippen molar-refractivity contribution in [1.29, 1.82) is 0 Å². The van der Waals surface area contributed by atoms with Crippen LogP contribution in [-0.4, -0.2) is 43.9 Å². The highest BCUT2D eigenvalue weighted by Crippen LogP contribution is 2.18. The second-order valence-electron chi connectivity index (χ2n) is 7.45. The lowest BCUT2D eigenvalue weighted by Gasteiger charge is -2.25. The first-order chi connectivity index (χ1) is 11.1. The summed E-state index contributed by atoms with van der Waals surface area (Å²) in [4.78, 5) is 25.9. The summed E-state index contributed by atoms with van der Waals surface area (Å²) in [5, 5.41) is 5.75. The zero-order valence-corrected chi connectivity index (χ0v) is 15.8. The van der Waals surface area contributed by atoms with Crippen molar-refractivity contribution in [2.75, 3.05) is 27.2 Å². The zero-order chi connectivity index (χ0) is 18.3. The highest BCUT2D eigenvalue weighted by molar-refractivity contribution is 5.82. The van der Waals surface area contributed by atoms with Gasteiger partial charge in [0.2, 0.25) is 11.8 Å². The number of rotatable bonds is 7. The summed E-state index contributed by atoms with van der Waals surface area (Å²) in [6, 6.07) is 8.47. The van der Waals surface area contributed by atoms with Gasteiger partial charge < -0.3 is 15.5 Å². The Labute approximate surface area is 145 Å². The molecule has 5 heteroatoms. The minimum absolute atomic E-state index is 0.0406. The Morgan fingerprint density at radius 3 is 2.17 bits per heavy atom. The van der Waals surface area contributed by atoms with Gasteiger partial charge in [-0.15, -0.1) is 0 Å². The van der Waals surface area contributed by atoms with Crippen molar-refractivity contribution in [2.45, 2.75) is 40.2 Å². The van der Waals surface area contributed by atoms with Crippen molar-refractivity contribution in [3.63, 3.8) is 0 Å². The largest absolute Gasteiger partial charge is 0.355 e. The van der Waals surface area contributed by atoms with Gasteiger partial charge in [-0.3, -0.25) is 9.59 Å². The molecule has 24 heavy (non-hydrogen) atoms. The molecule has 1 rings (SSSR count). The number of hydrogen-bond acceptors (Lipinski definition) is 3. The highest BCUT2D eigenvalue weighted by atomic mass is 16.2. The second kappa shape index (κ2) is 8.83. The third-order valence-corrected chi connectivity index (χ3v) is 3.90. The van der Waals surface area contributed by atoms with Crippen LogP contribution in [0.4, 0.5) is 0 Å². The third-order valence-electron chi connectivity index (χ3n) is 3.90. The molecular weight excluding hydrogens is 302 g/mol. The molecule has 0 radical (unpaired) electrons. The van der Waals surface area contributed by atoms with Crippen LogP contribution >= 0.6 is 0 Å². The van der Waals surface area contributed by atoms with Gasteiger partial charge in [0.1, 0.15) is 0 Å². The standard InChI is InChI=1S/C19H31N3O2/c1-14-7-9-15(10-8-14)16(22(5)6)13-21-17(23)11-12-20-18(24)19(2,3)4/h7-10,16H,11-13H2,1-6H3,(H,20,24)(H,21,23)/t16-/m0/s1. The molecule has 0 saturated heterocycles. The van der Waals surface area contributed by atoms with Crippen molar-refractivity contribution in [3.8, 4) is 0 Å². The quantitative estimate of drug-likeness (QED) is 0.805. The molecule has 0 heterocycles. The average molecular weight is 333 g/mol. The van der Waals surface area contributed by atoms with Gasteiger partial charge in [0.25, 0.3) is 0 Å². The molecule has 1 aromatic carbocycles. The molecule has 0 spiro atoms. The Bertz CT molecular complexity index is 545. The van der Waals surface area contributed by atoms with Crippen LogP contribution in [0.5, 0.6) is 0 Å². The van der Waals surface area contributed by atoms with Crippen LogP contribution in [0.25, 0.3) is 0 Å². The monoisotopic (exact) mass is 333 g/mol. The van der Waals surface area contributed by atoms with E-state index in [4.69, 9.17) is 0 Å². The number of amides is 2. The summed E-state index contributed by atoms with van der Waals surface area (Å²) < 4.78 is 0. The Morgan fingerprint density at radius 2 is 1.67 bits per heavy atom. The van der Waals surface area contributed by atoms with Crippen molar-refractivity contribution < 1.29 is 9.59 Å². The third kappa shape index (κ3) is 6.71. The number of nitrogens with one attached hydrogen (secondary N) is 2. The maximum atomic E-state index is 12.0. The summed E-state index contributed by atoms with van der Waals surface area (Å²) in [5.74, 6) is -0.0932. The summed E-state index contributed by atoms with van der Waals surface area (Å²) >= 11 is 0. The van der Waals surface area contributed by atoms with Gasteiger partial charge in [0, 0.05) is 24.9 Å². The predicted octanol–water partition coefficient (Wildman–Crippen LogP) is 2.27. The van der Waals surface area contributed by atoms with E-state index in [1.807, 2.05) is 34.9 Å². The molecule has 2 amide bonds. The van der Waals surface area contributed by atoms with Gasteiger partial charge in [-0.25, -0.2) is 0 Å². The Kier molecular flexibility index (Phi) is 7.42. The van der Waals surface area contributed by atoms with Crippen LogP contribution in [0.3, 0.4) is 0 Å². The minimum Gasteiger partial charge on any atom is -0.355 e. The maximum Gasteiger partial charge on any atom is 0.225 e. The number of benzene rings is 1. The van der Waals surface area contributed by atoms with Crippen molar-refractivity contribution in [1.82, 2.24) is 15.5 Å². The fourth-order valence-corrected chi connectivity index (χ4v) is 2.24. The maximum absolute atomic E-state index is 12.0. The summed E-state index contributed by atoms with van der Waals surface area (Å²) in [7, 11) is 4.00. The van der Waals surface area contributed by atoms with E-state index >= 15 is 0 Å². The minimum atomic E-state index is -0.433. The fourth-order valence-electron chi connectivity index (χ4n) is 2.24. The van der Waals surface area contributed by atoms with Crippen LogP contribution in [0.1, 0.15) is 44.4 Å². The normalized spacial score (nSPS) is 12.8. The molecule has 0 aliphatic carbocycles. The van der Waals surface area contributed by atoms with E-state index < -0.39 is 5.41 Å². The molecule has 0 fully saturated rings. The molecule has 0 aromatic heterocycles. The Balaban J connectivity index is 2.46. The summed E-state index contributed by atoms with van der Waals surface area (Å²) in [6.07, 6.45) is 0.288. The first-order valence-electron chi connectivity index (χ1n) is 8.39. The van der Waals surface area contributed by atoms with E-state index in [1.54, 1.807) is 0 Å². The van der Waals surface area contributed by atoms with E-state index in [0.717, 1.165) is 0 Å². The molecule has 0 aliphatic heterocycles. The topological polar surface area (TPSA) is 61.4 Å². The van der Waals surface area contributed by atoms with Gasteiger partial charge >= 0.3 is 0 Å². The smallest absolute Gasteiger partial charge is 0.225 e. The molecule has 1 atom stereocenters. The predicted molar refractivity (Wildman–Crippen MR) is 97.7 cm³/mol. The molecule has 1 aromatic rings. The Hall–Kier alpha value is -1.88. The summed E-state index contributed by atoms with van der Waals surface area (Å²) in [6.45, 7) is 8.52. The summed E-state index contributed by atoms with van der Waals surface area (Å²) in [5.41, 5.74) is 1.96. The number of carbonyl (C=O) groups excluding carboxylic acids is 2. The lowest BCUT2D eigenvalue weighted by Crippen LogP contribution is -2.39. The SMILES string of the molecule is Cc1ccc([C@H](CNC(=O)CCNC(=O)C(C)(C)C)N(C)C)cc1. The number of hydrogen-bond donors (Lipinski definition) is 2. The first kappa shape index (κ1) is 20.2. The molecule has 2 N–H and O–H groups in total. The van der Waals surface area contributed by atoms with Gasteiger partial charge in [0.15, 0.2) is 0 Å². The van der Waals surface area contributed by atoms with Gasteiger partial charge in [0.05, 0.1) is 6.04 Å². The molecule has 0 aliphatic rings. The van der Waals surface area contributed by atoms with Crippen LogP contribution in [-0.2, 0) is 9.59 Å². The number of aryl methyl sites for hydroxylation is 1. The number of likely N-dealkylation sites (N-methyl/N-ethyl adjacent to an activating group) is 1. The molecule has 0 unspecified atom stereocenters. The second-order valence-corrected chi connectivity index (χ2v) is 7.45. The van der Waals surface area contributed by atoms with Crippen molar-refractivity contribution >= 4 is 11.8 Å². The van der Waals surface area contributed by atoms with Crippen LogP contribution in [0.2, 0.25) is 0 Å². The van der Waals surface area contributed by atoms with Crippen LogP contribution in [0, 0.1) is 12.3 Å². The van der Waals surface area contributed by atoms with E-state index in [9.17, 15) is 9.59 Å². The van der Waals surface area contributed by atoms with Crippen molar-refractivity contribution in [3.05, 3.63) is 35.4 Å². The van der Waals surface area contributed by atoms with E-state index in [0.29, 0.717) is 13.1 Å². The lowest BCUT2D eigenvalue weighted by atomic mass is 9.96. The molecule has 0 bridgehead atoms. The van der Waals surface area contributed by atoms with E-state index in [2.05, 4.69) is 46.7 Å². The van der Waals surface area contributed by atoms with Crippen molar-refractivity contribution in [2.24, 2.45) is 5.41 Å². The number of carbonyl (C=O) groups is 2. The van der Waals surface area contributed by atoms with E-state index in [1.165, 1.54) is 11.1 Å². The molecule has 5 nitrogen and oxygen atoms in total. The van der Waals surface area contributed by atoms with Gasteiger partial charge in [-0.2, -0.15) is 0 Å². The van der Waals surface area contributed by atoms with Gasteiger partial charge in [-0.05, 0) is 26.6 Å². The lowest BCUT2D eigenvalue weighted by molar-refractivity contribution is -0.128. The highest BCUT2D eigenvalue weighted by Gasteiger charge is 2.21.